The van der Waals surface area contributed by atoms with Crippen molar-refractivity contribution < 1.29 is 27.8 Å². The second-order valence-electron chi connectivity index (χ2n) is 4.73. The predicted molar refractivity (Wildman–Crippen MR) is 72.6 cm³/mol. The van der Waals surface area contributed by atoms with Crippen molar-refractivity contribution in [3.8, 4) is 0 Å². The molecule has 0 radical (unpaired) electrons. The molecule has 1 unspecified atom stereocenters. The molecule has 0 saturated carbocycles. The highest BCUT2D eigenvalue weighted by Crippen LogP contribution is 2.35. The van der Waals surface area contributed by atoms with E-state index in [-0.39, 0.29) is 30.1 Å². The van der Waals surface area contributed by atoms with Crippen molar-refractivity contribution in [2.24, 2.45) is 5.10 Å². The second-order valence-corrected chi connectivity index (χ2v) is 4.73. The van der Waals surface area contributed by atoms with Crippen LogP contribution in [0.5, 0.6) is 0 Å². The SMILES string of the molecule is CC(O)CNc1ccc(C2=NNC(=O)OC2)cc1C(F)(F)F. The summed E-state index contributed by atoms with van der Waals surface area (Å²) in [5.41, 5.74) is 1.39. The molecule has 6 nitrogen and oxygen atoms in total. The number of nitrogens with one attached hydrogen (secondary N) is 2. The lowest BCUT2D eigenvalue weighted by atomic mass is 10.0. The van der Waals surface area contributed by atoms with Gasteiger partial charge in [-0.15, -0.1) is 0 Å². The van der Waals surface area contributed by atoms with Gasteiger partial charge in [-0.05, 0) is 19.1 Å². The predicted octanol–water partition coefficient (Wildman–Crippen LogP) is 1.94. The van der Waals surface area contributed by atoms with Crippen LogP contribution in [0.15, 0.2) is 23.3 Å². The van der Waals surface area contributed by atoms with E-state index >= 15 is 0 Å². The van der Waals surface area contributed by atoms with Gasteiger partial charge in [-0.25, -0.2) is 10.2 Å². The molecule has 0 bridgehead atoms. The summed E-state index contributed by atoms with van der Waals surface area (Å²) in [5.74, 6) is 0. The Labute approximate surface area is 124 Å². The fraction of sp³-hybridized carbons (Fsp3) is 0.385. The third-order valence-electron chi connectivity index (χ3n) is 2.87. The Hall–Kier alpha value is -2.29. The highest BCUT2D eigenvalue weighted by atomic mass is 19.4. The normalized spacial score (nSPS) is 16.4. The van der Waals surface area contributed by atoms with Gasteiger partial charge in [0.15, 0.2) is 0 Å². The minimum atomic E-state index is -4.57. The summed E-state index contributed by atoms with van der Waals surface area (Å²) in [6, 6.07) is 3.60. The Morgan fingerprint density at radius 3 is 2.77 bits per heavy atom. The van der Waals surface area contributed by atoms with Crippen LogP contribution in [0.25, 0.3) is 0 Å². The maximum absolute atomic E-state index is 13.1. The number of nitrogens with zero attached hydrogens (tertiary/aromatic N) is 1. The van der Waals surface area contributed by atoms with Gasteiger partial charge in [0.25, 0.3) is 0 Å². The topological polar surface area (TPSA) is 83.0 Å². The monoisotopic (exact) mass is 317 g/mol. The first-order chi connectivity index (χ1) is 10.3. The highest BCUT2D eigenvalue weighted by molar-refractivity contribution is 6.04. The minimum Gasteiger partial charge on any atom is -0.442 e. The Bertz CT molecular complexity index is 600. The fourth-order valence-electron chi connectivity index (χ4n) is 1.83. The van der Waals surface area contributed by atoms with Crippen molar-refractivity contribution in [1.82, 2.24) is 5.43 Å². The van der Waals surface area contributed by atoms with E-state index in [4.69, 9.17) is 0 Å². The summed E-state index contributed by atoms with van der Waals surface area (Å²) in [6.45, 7) is 1.25. The fourth-order valence-corrected chi connectivity index (χ4v) is 1.83. The number of benzene rings is 1. The van der Waals surface area contributed by atoms with E-state index < -0.39 is 23.9 Å². The van der Waals surface area contributed by atoms with Crippen LogP contribution in [0.1, 0.15) is 18.1 Å². The van der Waals surface area contributed by atoms with Crippen molar-refractivity contribution in [3.05, 3.63) is 29.3 Å². The zero-order valence-electron chi connectivity index (χ0n) is 11.6. The number of cyclic esters (lactones) is 1. The van der Waals surface area contributed by atoms with Crippen LogP contribution in [0.2, 0.25) is 0 Å². The lowest BCUT2D eigenvalue weighted by molar-refractivity contribution is -0.137. The van der Waals surface area contributed by atoms with Gasteiger partial charge in [-0.3, -0.25) is 0 Å². The van der Waals surface area contributed by atoms with Crippen LogP contribution in [0, 0.1) is 0 Å². The van der Waals surface area contributed by atoms with Crippen molar-refractivity contribution >= 4 is 17.5 Å². The molecule has 1 aliphatic rings. The number of halogens is 3. The Morgan fingerprint density at radius 2 is 2.23 bits per heavy atom. The van der Waals surface area contributed by atoms with E-state index in [0.717, 1.165) is 6.07 Å². The van der Waals surface area contributed by atoms with E-state index in [1.807, 2.05) is 5.43 Å². The number of rotatable bonds is 4. The molecule has 0 saturated heterocycles. The third-order valence-corrected chi connectivity index (χ3v) is 2.87. The van der Waals surface area contributed by atoms with Gasteiger partial charge < -0.3 is 15.2 Å². The molecule has 1 atom stereocenters. The lowest BCUT2D eigenvalue weighted by Crippen LogP contribution is -2.31. The quantitative estimate of drug-likeness (QED) is 0.792. The van der Waals surface area contributed by atoms with Crippen LogP contribution in [-0.4, -0.2) is 36.2 Å². The Morgan fingerprint density at radius 1 is 1.50 bits per heavy atom. The molecular weight excluding hydrogens is 303 g/mol. The number of ether oxygens (including phenoxy) is 1. The van der Waals surface area contributed by atoms with Gasteiger partial charge in [-0.1, -0.05) is 6.07 Å². The number of hydrogen-bond acceptors (Lipinski definition) is 5. The smallest absolute Gasteiger partial charge is 0.428 e. The molecule has 0 aromatic heterocycles. The standard InChI is InChI=1S/C13H14F3N3O3/c1-7(20)5-17-10-3-2-8(4-9(10)13(14,15)16)11-6-22-12(21)19-18-11/h2-4,7,17,20H,5-6H2,1H3,(H,19,21). The highest BCUT2D eigenvalue weighted by Gasteiger charge is 2.34. The molecule has 1 aromatic rings. The van der Waals surface area contributed by atoms with Crippen molar-refractivity contribution in [2.75, 3.05) is 18.5 Å². The molecule has 1 aromatic carbocycles. The third kappa shape index (κ3) is 3.88. The number of aliphatic hydroxyl groups is 1. The Balaban J connectivity index is 2.33. The maximum Gasteiger partial charge on any atom is 0.428 e. The van der Waals surface area contributed by atoms with E-state index in [9.17, 15) is 23.1 Å². The summed E-state index contributed by atoms with van der Waals surface area (Å²) >= 11 is 0. The number of carbonyl (C=O) groups excluding carboxylic acids is 1. The van der Waals surface area contributed by atoms with E-state index in [1.165, 1.54) is 19.1 Å². The molecule has 1 aliphatic heterocycles. The Kier molecular flexibility index (Phi) is 4.55. The molecular formula is C13H14F3N3O3. The molecule has 2 rings (SSSR count). The maximum atomic E-state index is 13.1. The average molecular weight is 317 g/mol. The molecule has 120 valence electrons. The largest absolute Gasteiger partial charge is 0.442 e. The number of alkyl halides is 3. The number of amides is 1. The zero-order valence-corrected chi connectivity index (χ0v) is 11.6. The van der Waals surface area contributed by atoms with Crippen LogP contribution in [-0.2, 0) is 10.9 Å². The van der Waals surface area contributed by atoms with Crippen LogP contribution >= 0.6 is 0 Å². The van der Waals surface area contributed by atoms with Crippen LogP contribution < -0.4 is 10.7 Å². The van der Waals surface area contributed by atoms with Crippen LogP contribution in [0.4, 0.5) is 23.7 Å². The van der Waals surface area contributed by atoms with Gasteiger partial charge in [0.2, 0.25) is 0 Å². The first-order valence-corrected chi connectivity index (χ1v) is 6.40. The number of hydrazone groups is 1. The van der Waals surface area contributed by atoms with Crippen molar-refractivity contribution in [1.29, 1.82) is 0 Å². The molecule has 0 aliphatic carbocycles. The first kappa shape index (κ1) is 16.1. The van der Waals surface area contributed by atoms with Gasteiger partial charge in [0.05, 0.1) is 11.7 Å². The van der Waals surface area contributed by atoms with Gasteiger partial charge in [0.1, 0.15) is 12.3 Å². The zero-order chi connectivity index (χ0) is 16.3. The lowest BCUT2D eigenvalue weighted by Gasteiger charge is -2.18. The molecule has 9 heteroatoms. The number of carbonyl (C=O) groups is 1. The number of hydrogen-bond donors (Lipinski definition) is 3. The first-order valence-electron chi connectivity index (χ1n) is 6.40. The van der Waals surface area contributed by atoms with E-state index in [1.54, 1.807) is 0 Å². The number of anilines is 1. The van der Waals surface area contributed by atoms with E-state index in [2.05, 4.69) is 15.2 Å². The second kappa shape index (κ2) is 6.22. The summed E-state index contributed by atoms with van der Waals surface area (Å²) in [4.78, 5) is 10.8. The summed E-state index contributed by atoms with van der Waals surface area (Å²) < 4.78 is 44.1. The molecule has 1 heterocycles. The molecule has 0 spiro atoms. The summed E-state index contributed by atoms with van der Waals surface area (Å²) in [7, 11) is 0. The molecule has 1 amide bonds. The van der Waals surface area contributed by atoms with E-state index in [0.29, 0.717) is 0 Å². The van der Waals surface area contributed by atoms with Gasteiger partial charge in [0, 0.05) is 17.8 Å². The van der Waals surface area contributed by atoms with Crippen molar-refractivity contribution in [3.63, 3.8) is 0 Å². The average Bonchev–Trinajstić information content (AvgIpc) is 2.45. The molecule has 3 N–H and O–H groups in total. The van der Waals surface area contributed by atoms with Gasteiger partial charge >= 0.3 is 12.3 Å². The summed E-state index contributed by atoms with van der Waals surface area (Å²) in [5, 5.41) is 15.4. The van der Waals surface area contributed by atoms with Crippen LogP contribution in [0.3, 0.4) is 0 Å². The number of aliphatic hydroxyl groups excluding tert-OH is 1. The van der Waals surface area contributed by atoms with Crippen molar-refractivity contribution in [2.45, 2.75) is 19.2 Å². The van der Waals surface area contributed by atoms with Gasteiger partial charge in [-0.2, -0.15) is 18.3 Å². The summed E-state index contributed by atoms with van der Waals surface area (Å²) in [6.07, 6.45) is -6.11. The molecule has 22 heavy (non-hydrogen) atoms. The molecule has 0 fully saturated rings. The minimum absolute atomic E-state index is 0.0114.